The van der Waals surface area contributed by atoms with E-state index in [-0.39, 0.29) is 5.82 Å². The van der Waals surface area contributed by atoms with Crippen molar-refractivity contribution in [3.8, 4) is 0 Å². The van der Waals surface area contributed by atoms with Gasteiger partial charge in [0.15, 0.2) is 0 Å². The van der Waals surface area contributed by atoms with E-state index >= 15 is 0 Å². The van der Waals surface area contributed by atoms with Gasteiger partial charge in [-0.15, -0.1) is 0 Å². The van der Waals surface area contributed by atoms with Gasteiger partial charge in [0, 0.05) is 6.54 Å². The molecule has 2 nitrogen and oxygen atoms in total. The molecule has 1 rings (SSSR count). The third-order valence-electron chi connectivity index (χ3n) is 2.63. The molecule has 0 amide bonds. The topological polar surface area (TPSA) is 23.5 Å². The Balaban J connectivity index is 2.45. The van der Waals surface area contributed by atoms with Crippen LogP contribution in [0.2, 0.25) is 0 Å². The van der Waals surface area contributed by atoms with E-state index in [1.54, 1.807) is 12.1 Å². The molecular formula is C13H20FNO. The molecule has 0 spiro atoms. The molecule has 0 radical (unpaired) electrons. The predicted octanol–water partition coefficient (Wildman–Crippen LogP) is 2.59. The van der Waals surface area contributed by atoms with Gasteiger partial charge in [-0.2, -0.15) is 0 Å². The number of benzene rings is 1. The van der Waals surface area contributed by atoms with Crippen LogP contribution >= 0.6 is 0 Å². The van der Waals surface area contributed by atoms with Gasteiger partial charge in [-0.05, 0) is 37.7 Å². The number of aliphatic hydroxyl groups is 1. The molecule has 1 aromatic carbocycles. The van der Waals surface area contributed by atoms with E-state index in [4.69, 9.17) is 0 Å². The Morgan fingerprint density at radius 3 is 2.50 bits per heavy atom. The molecule has 0 fully saturated rings. The molecule has 1 unspecified atom stereocenters. The molecule has 0 heterocycles. The highest BCUT2D eigenvalue weighted by atomic mass is 19.1. The van der Waals surface area contributed by atoms with Crippen molar-refractivity contribution in [3.05, 3.63) is 35.6 Å². The van der Waals surface area contributed by atoms with Gasteiger partial charge in [-0.25, -0.2) is 4.39 Å². The first-order chi connectivity index (χ1) is 7.63. The second-order valence-electron chi connectivity index (χ2n) is 4.18. The maximum Gasteiger partial charge on any atom is 0.123 e. The second-order valence-corrected chi connectivity index (χ2v) is 4.18. The quantitative estimate of drug-likeness (QED) is 0.804. The van der Waals surface area contributed by atoms with Gasteiger partial charge in [0.2, 0.25) is 0 Å². The molecule has 3 heteroatoms. The maximum absolute atomic E-state index is 12.7. The van der Waals surface area contributed by atoms with Crippen molar-refractivity contribution in [2.45, 2.75) is 25.9 Å². The van der Waals surface area contributed by atoms with E-state index in [0.717, 1.165) is 24.9 Å². The standard InChI is InChI=1S/C13H20FNO/c1-3-4-9-15(2)10-13(16)11-5-7-12(14)8-6-11/h5-8,13,16H,3-4,9-10H2,1-2H3. The Bertz CT molecular complexity index is 299. The molecule has 0 bridgehead atoms. The largest absolute Gasteiger partial charge is 0.387 e. The van der Waals surface area contributed by atoms with Crippen LogP contribution in [-0.2, 0) is 0 Å². The van der Waals surface area contributed by atoms with Crippen molar-refractivity contribution in [2.75, 3.05) is 20.1 Å². The number of nitrogens with zero attached hydrogens (tertiary/aromatic N) is 1. The van der Waals surface area contributed by atoms with Crippen LogP contribution in [0, 0.1) is 5.82 Å². The Kier molecular flexibility index (Phi) is 5.43. The van der Waals surface area contributed by atoms with Gasteiger partial charge in [0.05, 0.1) is 6.10 Å². The lowest BCUT2D eigenvalue weighted by Crippen LogP contribution is -2.25. The van der Waals surface area contributed by atoms with E-state index < -0.39 is 6.10 Å². The normalized spacial score (nSPS) is 13.1. The highest BCUT2D eigenvalue weighted by molar-refractivity contribution is 5.18. The zero-order valence-corrected chi connectivity index (χ0v) is 9.99. The summed E-state index contributed by atoms with van der Waals surface area (Å²) in [6, 6.07) is 6.02. The molecular weight excluding hydrogens is 205 g/mol. The first-order valence-corrected chi connectivity index (χ1v) is 5.75. The Morgan fingerprint density at radius 2 is 1.94 bits per heavy atom. The Morgan fingerprint density at radius 1 is 1.31 bits per heavy atom. The van der Waals surface area contributed by atoms with Crippen LogP contribution in [0.15, 0.2) is 24.3 Å². The van der Waals surface area contributed by atoms with Crippen molar-refractivity contribution >= 4 is 0 Å². The number of halogens is 1. The Labute approximate surface area is 96.7 Å². The number of hydrogen-bond donors (Lipinski definition) is 1. The zero-order valence-electron chi connectivity index (χ0n) is 9.99. The van der Waals surface area contributed by atoms with E-state index in [1.165, 1.54) is 12.1 Å². The third-order valence-corrected chi connectivity index (χ3v) is 2.63. The van der Waals surface area contributed by atoms with Crippen molar-refractivity contribution in [1.82, 2.24) is 4.90 Å². The number of unbranched alkanes of at least 4 members (excludes halogenated alkanes) is 1. The second kappa shape index (κ2) is 6.61. The summed E-state index contributed by atoms with van der Waals surface area (Å²) >= 11 is 0. The van der Waals surface area contributed by atoms with Gasteiger partial charge in [-0.3, -0.25) is 0 Å². The van der Waals surface area contributed by atoms with Crippen LogP contribution in [0.5, 0.6) is 0 Å². The predicted molar refractivity (Wildman–Crippen MR) is 63.8 cm³/mol. The van der Waals surface area contributed by atoms with Gasteiger partial charge in [0.25, 0.3) is 0 Å². The van der Waals surface area contributed by atoms with Gasteiger partial charge in [0.1, 0.15) is 5.82 Å². The highest BCUT2D eigenvalue weighted by Crippen LogP contribution is 2.14. The number of hydrogen-bond acceptors (Lipinski definition) is 2. The SMILES string of the molecule is CCCCN(C)CC(O)c1ccc(F)cc1. The molecule has 0 aromatic heterocycles. The number of rotatable bonds is 6. The number of likely N-dealkylation sites (N-methyl/N-ethyl adjacent to an activating group) is 1. The molecule has 0 saturated carbocycles. The van der Waals surface area contributed by atoms with Crippen LogP contribution in [0.4, 0.5) is 4.39 Å². The number of aliphatic hydroxyl groups excluding tert-OH is 1. The minimum absolute atomic E-state index is 0.268. The lowest BCUT2D eigenvalue weighted by Gasteiger charge is -2.20. The van der Waals surface area contributed by atoms with Crippen molar-refractivity contribution in [2.24, 2.45) is 0 Å². The van der Waals surface area contributed by atoms with E-state index in [1.807, 2.05) is 7.05 Å². The Hall–Kier alpha value is -0.930. The summed E-state index contributed by atoms with van der Waals surface area (Å²) in [5.41, 5.74) is 0.768. The van der Waals surface area contributed by atoms with Crippen molar-refractivity contribution in [1.29, 1.82) is 0 Å². The summed E-state index contributed by atoms with van der Waals surface area (Å²) in [7, 11) is 1.99. The molecule has 1 aromatic rings. The lowest BCUT2D eigenvalue weighted by molar-refractivity contribution is 0.126. The summed E-state index contributed by atoms with van der Waals surface area (Å²) in [6.07, 6.45) is 1.74. The minimum atomic E-state index is -0.539. The molecule has 0 aliphatic carbocycles. The average molecular weight is 225 g/mol. The molecule has 1 N–H and O–H groups in total. The molecule has 90 valence electrons. The summed E-state index contributed by atoms with van der Waals surface area (Å²) in [5.74, 6) is -0.268. The monoisotopic (exact) mass is 225 g/mol. The van der Waals surface area contributed by atoms with Gasteiger partial charge in [-0.1, -0.05) is 25.5 Å². The smallest absolute Gasteiger partial charge is 0.123 e. The van der Waals surface area contributed by atoms with Crippen LogP contribution in [0.1, 0.15) is 31.4 Å². The lowest BCUT2D eigenvalue weighted by atomic mass is 10.1. The molecule has 0 aliphatic rings. The van der Waals surface area contributed by atoms with Crippen LogP contribution in [0.3, 0.4) is 0 Å². The summed E-state index contributed by atoms with van der Waals surface area (Å²) in [5, 5.41) is 9.92. The fourth-order valence-corrected chi connectivity index (χ4v) is 1.60. The molecule has 0 saturated heterocycles. The average Bonchev–Trinajstić information content (AvgIpc) is 2.27. The highest BCUT2D eigenvalue weighted by Gasteiger charge is 2.10. The van der Waals surface area contributed by atoms with E-state index in [2.05, 4.69) is 11.8 Å². The third kappa shape index (κ3) is 4.29. The van der Waals surface area contributed by atoms with E-state index in [9.17, 15) is 9.50 Å². The fourth-order valence-electron chi connectivity index (χ4n) is 1.60. The maximum atomic E-state index is 12.7. The first kappa shape index (κ1) is 13.1. The van der Waals surface area contributed by atoms with Crippen LogP contribution in [-0.4, -0.2) is 30.1 Å². The van der Waals surface area contributed by atoms with Crippen LogP contribution in [0.25, 0.3) is 0 Å². The minimum Gasteiger partial charge on any atom is -0.387 e. The summed E-state index contributed by atoms with van der Waals surface area (Å²) < 4.78 is 12.7. The molecule has 16 heavy (non-hydrogen) atoms. The summed E-state index contributed by atoms with van der Waals surface area (Å²) in [4.78, 5) is 2.09. The first-order valence-electron chi connectivity index (χ1n) is 5.75. The van der Waals surface area contributed by atoms with Crippen molar-refractivity contribution < 1.29 is 9.50 Å². The zero-order chi connectivity index (χ0) is 12.0. The van der Waals surface area contributed by atoms with Crippen LogP contribution < -0.4 is 0 Å². The van der Waals surface area contributed by atoms with E-state index in [0.29, 0.717) is 6.54 Å². The molecule has 1 atom stereocenters. The summed E-state index contributed by atoms with van der Waals surface area (Å²) in [6.45, 7) is 3.71. The van der Waals surface area contributed by atoms with Gasteiger partial charge < -0.3 is 10.0 Å². The van der Waals surface area contributed by atoms with Gasteiger partial charge >= 0.3 is 0 Å². The van der Waals surface area contributed by atoms with Crippen molar-refractivity contribution in [3.63, 3.8) is 0 Å². The fraction of sp³-hybridized carbons (Fsp3) is 0.538. The molecule has 0 aliphatic heterocycles.